The number of thiazole rings is 1. The van der Waals surface area contributed by atoms with Crippen LogP contribution < -0.4 is 11.1 Å². The van der Waals surface area contributed by atoms with Gasteiger partial charge in [-0.1, -0.05) is 13.8 Å². The minimum Gasteiger partial charge on any atom is -0.320 e. The lowest BCUT2D eigenvalue weighted by Crippen LogP contribution is -2.39. The van der Waals surface area contributed by atoms with Gasteiger partial charge in [0.15, 0.2) is 5.13 Å². The maximum absolute atomic E-state index is 11.9. The summed E-state index contributed by atoms with van der Waals surface area (Å²) in [7, 11) is 2.09. The standard InChI is InChI=1S/C12H20N4OS/c1-7(2)10(13)11(17)15-12-14-8-4-5-16(3)6-9(8)18-12/h7,10H,4-6,13H2,1-3H3,(H,14,15,17). The average Bonchev–Trinajstić information content (AvgIpc) is 2.68. The number of rotatable bonds is 3. The Morgan fingerprint density at radius 1 is 1.56 bits per heavy atom. The monoisotopic (exact) mass is 268 g/mol. The van der Waals surface area contributed by atoms with Crippen LogP contribution in [0.1, 0.15) is 24.4 Å². The van der Waals surface area contributed by atoms with E-state index in [2.05, 4.69) is 22.2 Å². The van der Waals surface area contributed by atoms with E-state index in [4.69, 9.17) is 5.73 Å². The zero-order valence-electron chi connectivity index (χ0n) is 11.1. The summed E-state index contributed by atoms with van der Waals surface area (Å²) in [5.41, 5.74) is 6.93. The fourth-order valence-corrected chi connectivity index (χ4v) is 2.96. The number of nitrogens with zero attached hydrogens (tertiary/aromatic N) is 2. The van der Waals surface area contributed by atoms with Gasteiger partial charge in [0.25, 0.3) is 0 Å². The summed E-state index contributed by atoms with van der Waals surface area (Å²) >= 11 is 1.56. The van der Waals surface area contributed by atoms with Crippen molar-refractivity contribution in [1.82, 2.24) is 9.88 Å². The van der Waals surface area contributed by atoms with Gasteiger partial charge in [-0.25, -0.2) is 4.98 Å². The molecule has 1 unspecified atom stereocenters. The molecule has 0 bridgehead atoms. The van der Waals surface area contributed by atoms with Gasteiger partial charge in [0.05, 0.1) is 11.7 Å². The van der Waals surface area contributed by atoms with E-state index in [1.54, 1.807) is 11.3 Å². The van der Waals surface area contributed by atoms with E-state index in [0.717, 1.165) is 25.2 Å². The molecule has 2 heterocycles. The third kappa shape index (κ3) is 2.88. The zero-order chi connectivity index (χ0) is 13.3. The maximum atomic E-state index is 11.9. The van der Waals surface area contributed by atoms with Gasteiger partial charge < -0.3 is 16.0 Å². The number of nitrogens with one attached hydrogen (secondary N) is 1. The molecule has 0 spiro atoms. The lowest BCUT2D eigenvalue weighted by molar-refractivity contribution is -0.118. The summed E-state index contributed by atoms with van der Waals surface area (Å²) < 4.78 is 0. The van der Waals surface area contributed by atoms with E-state index in [9.17, 15) is 4.79 Å². The maximum Gasteiger partial charge on any atom is 0.243 e. The second-order valence-electron chi connectivity index (χ2n) is 5.14. The predicted molar refractivity (Wildman–Crippen MR) is 73.6 cm³/mol. The van der Waals surface area contributed by atoms with Crippen molar-refractivity contribution in [1.29, 1.82) is 0 Å². The number of aromatic nitrogens is 1. The fraction of sp³-hybridized carbons (Fsp3) is 0.667. The number of hydrogen-bond acceptors (Lipinski definition) is 5. The molecular weight excluding hydrogens is 248 g/mol. The average molecular weight is 268 g/mol. The molecule has 2 rings (SSSR count). The summed E-state index contributed by atoms with van der Waals surface area (Å²) in [6.45, 7) is 5.81. The van der Waals surface area contributed by atoms with Crippen LogP contribution in [0.25, 0.3) is 0 Å². The van der Waals surface area contributed by atoms with Crippen LogP contribution in [0.15, 0.2) is 0 Å². The van der Waals surface area contributed by atoms with Crippen LogP contribution in [-0.4, -0.2) is 35.4 Å². The van der Waals surface area contributed by atoms with E-state index in [-0.39, 0.29) is 11.8 Å². The Hall–Kier alpha value is -0.980. The zero-order valence-corrected chi connectivity index (χ0v) is 11.9. The minimum absolute atomic E-state index is 0.130. The number of likely N-dealkylation sites (N-methyl/N-ethyl adjacent to an activating group) is 1. The van der Waals surface area contributed by atoms with Crippen LogP contribution in [0, 0.1) is 5.92 Å². The number of carbonyl (C=O) groups is 1. The van der Waals surface area contributed by atoms with Crippen molar-refractivity contribution in [2.24, 2.45) is 11.7 Å². The molecule has 1 aromatic heterocycles. The molecule has 0 fully saturated rings. The number of nitrogens with two attached hydrogens (primary N) is 1. The summed E-state index contributed by atoms with van der Waals surface area (Å²) in [5, 5.41) is 3.50. The first kappa shape index (κ1) is 13.5. The van der Waals surface area contributed by atoms with Crippen molar-refractivity contribution in [3.05, 3.63) is 10.6 Å². The molecule has 1 atom stereocenters. The van der Waals surface area contributed by atoms with E-state index in [1.165, 1.54) is 4.88 Å². The molecule has 0 aromatic carbocycles. The van der Waals surface area contributed by atoms with Gasteiger partial charge in [0.2, 0.25) is 5.91 Å². The number of amides is 1. The molecular formula is C12H20N4OS. The normalized spacial score (nSPS) is 17.6. The van der Waals surface area contributed by atoms with E-state index < -0.39 is 6.04 Å². The molecule has 6 heteroatoms. The minimum atomic E-state index is -0.478. The van der Waals surface area contributed by atoms with Gasteiger partial charge in [0.1, 0.15) is 0 Å². The van der Waals surface area contributed by atoms with E-state index >= 15 is 0 Å². The lowest BCUT2D eigenvalue weighted by atomic mass is 10.1. The van der Waals surface area contributed by atoms with Crippen LogP contribution >= 0.6 is 11.3 Å². The Bertz CT molecular complexity index is 443. The largest absolute Gasteiger partial charge is 0.320 e. The third-order valence-electron chi connectivity index (χ3n) is 3.17. The van der Waals surface area contributed by atoms with Crippen LogP contribution in [0.2, 0.25) is 0 Å². The van der Waals surface area contributed by atoms with Crippen molar-refractivity contribution in [2.75, 3.05) is 18.9 Å². The van der Waals surface area contributed by atoms with Gasteiger partial charge in [-0.05, 0) is 13.0 Å². The van der Waals surface area contributed by atoms with Crippen molar-refractivity contribution >= 4 is 22.4 Å². The first-order chi connectivity index (χ1) is 8.47. The molecule has 0 saturated carbocycles. The van der Waals surface area contributed by atoms with Crippen molar-refractivity contribution in [3.8, 4) is 0 Å². The van der Waals surface area contributed by atoms with Crippen molar-refractivity contribution in [3.63, 3.8) is 0 Å². The Labute approximate surface area is 111 Å². The van der Waals surface area contributed by atoms with Gasteiger partial charge in [-0.3, -0.25) is 4.79 Å². The second kappa shape index (κ2) is 5.34. The molecule has 1 aliphatic heterocycles. The molecule has 100 valence electrons. The molecule has 3 N–H and O–H groups in total. The first-order valence-electron chi connectivity index (χ1n) is 6.21. The van der Waals surface area contributed by atoms with Crippen LogP contribution in [0.5, 0.6) is 0 Å². The Balaban J connectivity index is 2.05. The summed E-state index contributed by atoms with van der Waals surface area (Å²) in [4.78, 5) is 19.8. The van der Waals surface area contributed by atoms with E-state index in [1.807, 2.05) is 13.8 Å². The lowest BCUT2D eigenvalue weighted by Gasteiger charge is -2.20. The summed E-state index contributed by atoms with van der Waals surface area (Å²) in [6, 6.07) is -0.478. The van der Waals surface area contributed by atoms with Gasteiger partial charge in [0, 0.05) is 24.4 Å². The highest BCUT2D eigenvalue weighted by molar-refractivity contribution is 7.15. The number of hydrogen-bond donors (Lipinski definition) is 2. The first-order valence-corrected chi connectivity index (χ1v) is 7.02. The van der Waals surface area contributed by atoms with Gasteiger partial charge in [-0.2, -0.15) is 0 Å². The van der Waals surface area contributed by atoms with Crippen LogP contribution in [0.4, 0.5) is 5.13 Å². The number of fused-ring (bicyclic) bond motifs is 1. The molecule has 1 amide bonds. The molecule has 1 aliphatic rings. The number of anilines is 1. The fourth-order valence-electron chi connectivity index (χ4n) is 1.87. The highest BCUT2D eigenvalue weighted by atomic mass is 32.1. The van der Waals surface area contributed by atoms with Crippen molar-refractivity contribution < 1.29 is 4.79 Å². The SMILES string of the molecule is CC(C)C(N)C(=O)Nc1nc2c(s1)CN(C)CC2. The van der Waals surface area contributed by atoms with Gasteiger partial charge >= 0.3 is 0 Å². The third-order valence-corrected chi connectivity index (χ3v) is 4.17. The summed E-state index contributed by atoms with van der Waals surface area (Å²) in [5.74, 6) is -0.0184. The highest BCUT2D eigenvalue weighted by Gasteiger charge is 2.22. The van der Waals surface area contributed by atoms with Crippen LogP contribution in [-0.2, 0) is 17.8 Å². The molecule has 5 nitrogen and oxygen atoms in total. The quantitative estimate of drug-likeness (QED) is 0.859. The Morgan fingerprint density at radius 2 is 2.28 bits per heavy atom. The van der Waals surface area contributed by atoms with E-state index in [0.29, 0.717) is 5.13 Å². The second-order valence-corrected chi connectivity index (χ2v) is 6.22. The topological polar surface area (TPSA) is 71.2 Å². The molecule has 18 heavy (non-hydrogen) atoms. The van der Waals surface area contributed by atoms with Gasteiger partial charge in [-0.15, -0.1) is 11.3 Å². The molecule has 0 aliphatic carbocycles. The molecule has 0 radical (unpaired) electrons. The highest BCUT2D eigenvalue weighted by Crippen LogP contribution is 2.27. The predicted octanol–water partition coefficient (Wildman–Crippen LogP) is 1.05. The Kier molecular flexibility index (Phi) is 3.99. The molecule has 0 saturated heterocycles. The smallest absolute Gasteiger partial charge is 0.243 e. The Morgan fingerprint density at radius 3 is 2.94 bits per heavy atom. The number of carbonyl (C=O) groups excluding carboxylic acids is 1. The molecule has 1 aromatic rings. The summed E-state index contributed by atoms with van der Waals surface area (Å²) in [6.07, 6.45) is 0.953. The van der Waals surface area contributed by atoms with Crippen LogP contribution in [0.3, 0.4) is 0 Å². The van der Waals surface area contributed by atoms with Crippen molar-refractivity contribution in [2.45, 2.75) is 32.9 Å².